The van der Waals surface area contributed by atoms with Gasteiger partial charge in [0, 0.05) is 18.8 Å². The summed E-state index contributed by atoms with van der Waals surface area (Å²) in [4.78, 5) is 13.4. The molecule has 0 aliphatic carbocycles. The van der Waals surface area contributed by atoms with E-state index in [0.717, 1.165) is 24.2 Å². The van der Waals surface area contributed by atoms with Gasteiger partial charge in [-0.2, -0.15) is 0 Å². The molecule has 1 aliphatic rings. The van der Waals surface area contributed by atoms with Gasteiger partial charge in [0.1, 0.15) is 0 Å². The molecule has 0 radical (unpaired) electrons. The Morgan fingerprint density at radius 2 is 2.33 bits per heavy atom. The van der Waals surface area contributed by atoms with Gasteiger partial charge in [-0.25, -0.2) is 4.79 Å². The lowest BCUT2D eigenvalue weighted by atomic mass is 9.98. The van der Waals surface area contributed by atoms with E-state index >= 15 is 0 Å². The summed E-state index contributed by atoms with van der Waals surface area (Å²) < 4.78 is 0. The highest BCUT2D eigenvalue weighted by atomic mass is 79.9. The van der Waals surface area contributed by atoms with Crippen molar-refractivity contribution < 1.29 is 4.79 Å². The van der Waals surface area contributed by atoms with Crippen molar-refractivity contribution in [1.82, 2.24) is 10.6 Å². The second-order valence-corrected chi connectivity index (χ2v) is 4.60. The first-order valence-corrected chi connectivity index (χ1v) is 6.85. The number of halogens is 1. The molecule has 1 aliphatic heterocycles. The lowest BCUT2D eigenvalue weighted by molar-refractivity contribution is 0.237. The van der Waals surface area contributed by atoms with E-state index in [0.29, 0.717) is 6.54 Å². The molecule has 0 saturated heterocycles. The summed E-state index contributed by atoms with van der Waals surface area (Å²) >= 11 is 3.16. The van der Waals surface area contributed by atoms with E-state index in [1.165, 1.54) is 0 Å². The van der Waals surface area contributed by atoms with Crippen LogP contribution in [0.2, 0.25) is 0 Å². The highest BCUT2D eigenvalue weighted by Gasteiger charge is 2.20. The quantitative estimate of drug-likeness (QED) is 0.804. The molecule has 0 spiro atoms. The van der Waals surface area contributed by atoms with Gasteiger partial charge in [-0.15, -0.1) is 0 Å². The number of para-hydroxylation sites is 1. The van der Waals surface area contributed by atoms with E-state index in [-0.39, 0.29) is 12.1 Å². The fraction of sp³-hybridized carbons (Fsp3) is 0.308. The summed E-state index contributed by atoms with van der Waals surface area (Å²) in [6.07, 6.45) is 2.73. The maximum absolute atomic E-state index is 11.7. The van der Waals surface area contributed by atoms with Crippen molar-refractivity contribution in [3.8, 4) is 0 Å². The van der Waals surface area contributed by atoms with Gasteiger partial charge >= 0.3 is 6.03 Å². The Morgan fingerprint density at radius 3 is 3.17 bits per heavy atom. The average Bonchev–Trinajstić information content (AvgIpc) is 2.39. The number of amides is 2. The van der Waals surface area contributed by atoms with E-state index in [9.17, 15) is 4.79 Å². The van der Waals surface area contributed by atoms with Crippen LogP contribution in [0, 0.1) is 0 Å². The molecule has 1 aromatic carbocycles. The molecule has 5 heteroatoms. The Morgan fingerprint density at radius 1 is 1.50 bits per heavy atom. The predicted molar refractivity (Wildman–Crippen MR) is 76.9 cm³/mol. The second-order valence-electron chi connectivity index (χ2n) is 4.07. The maximum atomic E-state index is 11.7. The fourth-order valence-corrected chi connectivity index (χ4v) is 2.21. The molecule has 96 valence electrons. The molecule has 1 heterocycles. The zero-order valence-corrected chi connectivity index (χ0v) is 11.5. The summed E-state index contributed by atoms with van der Waals surface area (Å²) in [5, 5.41) is 9.10. The van der Waals surface area contributed by atoms with Crippen LogP contribution in [0.3, 0.4) is 0 Å². The molecule has 0 fully saturated rings. The minimum Gasteiger partial charge on any atom is -0.385 e. The zero-order chi connectivity index (χ0) is 12.8. The molecule has 0 saturated carbocycles. The van der Waals surface area contributed by atoms with Crippen molar-refractivity contribution in [2.45, 2.75) is 12.5 Å². The van der Waals surface area contributed by atoms with Crippen LogP contribution in [0.4, 0.5) is 10.5 Å². The first kappa shape index (κ1) is 13.0. The van der Waals surface area contributed by atoms with E-state index in [1.54, 1.807) is 4.99 Å². The first-order chi connectivity index (χ1) is 8.81. The standard InChI is InChI=1S/C13H16BrN3O/c14-7-3-8-16-13(18)17-12-6-9-15-11-5-2-1-4-10(11)12/h1-5,7,12,15H,6,8-9H2,(H2,16,17,18)/b7-3+. The number of carbonyl (C=O) groups excluding carboxylic acids is 1. The van der Waals surface area contributed by atoms with Crippen molar-refractivity contribution in [1.29, 1.82) is 0 Å². The van der Waals surface area contributed by atoms with Crippen molar-refractivity contribution in [2.24, 2.45) is 0 Å². The Bertz CT molecular complexity index is 448. The summed E-state index contributed by atoms with van der Waals surface area (Å²) in [5.74, 6) is 0. The fourth-order valence-electron chi connectivity index (χ4n) is 2.02. The Labute approximate surface area is 115 Å². The molecule has 1 aromatic rings. The van der Waals surface area contributed by atoms with Gasteiger partial charge in [0.05, 0.1) is 6.04 Å². The minimum atomic E-state index is -0.137. The average molecular weight is 310 g/mol. The third-order valence-electron chi connectivity index (χ3n) is 2.86. The molecule has 18 heavy (non-hydrogen) atoms. The molecule has 2 amide bonds. The van der Waals surface area contributed by atoms with Crippen LogP contribution >= 0.6 is 15.9 Å². The van der Waals surface area contributed by atoms with E-state index in [1.807, 2.05) is 30.3 Å². The highest BCUT2D eigenvalue weighted by molar-refractivity contribution is 9.11. The predicted octanol–water partition coefficient (Wildman–Crippen LogP) is 2.75. The van der Waals surface area contributed by atoms with Crippen LogP contribution in [0.1, 0.15) is 18.0 Å². The van der Waals surface area contributed by atoms with Crippen LogP contribution in [0.5, 0.6) is 0 Å². The van der Waals surface area contributed by atoms with E-state index < -0.39 is 0 Å². The maximum Gasteiger partial charge on any atom is 0.315 e. The van der Waals surface area contributed by atoms with Gasteiger partial charge in [-0.1, -0.05) is 40.2 Å². The van der Waals surface area contributed by atoms with Gasteiger partial charge in [0.2, 0.25) is 0 Å². The topological polar surface area (TPSA) is 53.2 Å². The Kier molecular flexibility index (Phi) is 4.64. The summed E-state index contributed by atoms with van der Waals surface area (Å²) in [7, 11) is 0. The molecular weight excluding hydrogens is 294 g/mol. The number of urea groups is 1. The minimum absolute atomic E-state index is 0.0791. The van der Waals surface area contributed by atoms with Gasteiger partial charge in [0.15, 0.2) is 0 Å². The number of hydrogen-bond acceptors (Lipinski definition) is 2. The Hall–Kier alpha value is -1.49. The SMILES string of the molecule is O=C(NC/C=C/Br)NC1CCNc2ccccc21. The van der Waals surface area contributed by atoms with E-state index in [2.05, 4.69) is 31.9 Å². The lowest BCUT2D eigenvalue weighted by Gasteiger charge is -2.27. The normalized spacial score (nSPS) is 17.9. The third-order valence-corrected chi connectivity index (χ3v) is 3.23. The molecule has 0 aromatic heterocycles. The molecule has 0 bridgehead atoms. The van der Waals surface area contributed by atoms with Crippen molar-refractivity contribution in [3.05, 3.63) is 40.9 Å². The number of rotatable bonds is 3. The number of hydrogen-bond donors (Lipinski definition) is 3. The van der Waals surface area contributed by atoms with Crippen LogP contribution in [-0.4, -0.2) is 19.1 Å². The molecule has 3 N–H and O–H groups in total. The summed E-state index contributed by atoms with van der Waals surface area (Å²) in [6, 6.07) is 8.01. The van der Waals surface area contributed by atoms with Crippen molar-refractivity contribution in [3.63, 3.8) is 0 Å². The van der Waals surface area contributed by atoms with Crippen LogP contribution in [0.25, 0.3) is 0 Å². The monoisotopic (exact) mass is 309 g/mol. The summed E-state index contributed by atoms with van der Waals surface area (Å²) in [5.41, 5.74) is 2.25. The van der Waals surface area contributed by atoms with Crippen LogP contribution in [-0.2, 0) is 0 Å². The first-order valence-electron chi connectivity index (χ1n) is 5.93. The lowest BCUT2D eigenvalue weighted by Crippen LogP contribution is -2.39. The molecule has 4 nitrogen and oxygen atoms in total. The molecule has 1 atom stereocenters. The highest BCUT2D eigenvalue weighted by Crippen LogP contribution is 2.28. The third kappa shape index (κ3) is 3.26. The smallest absolute Gasteiger partial charge is 0.315 e. The molecular formula is C13H16BrN3O. The largest absolute Gasteiger partial charge is 0.385 e. The van der Waals surface area contributed by atoms with Gasteiger partial charge in [-0.05, 0) is 23.0 Å². The summed E-state index contributed by atoms with van der Waals surface area (Å²) in [6.45, 7) is 1.40. The number of carbonyl (C=O) groups is 1. The van der Waals surface area contributed by atoms with Crippen LogP contribution < -0.4 is 16.0 Å². The number of nitrogens with one attached hydrogen (secondary N) is 3. The number of benzene rings is 1. The van der Waals surface area contributed by atoms with Crippen molar-refractivity contribution in [2.75, 3.05) is 18.4 Å². The number of anilines is 1. The Balaban J connectivity index is 1.96. The zero-order valence-electron chi connectivity index (χ0n) is 9.95. The van der Waals surface area contributed by atoms with Gasteiger partial charge in [0.25, 0.3) is 0 Å². The van der Waals surface area contributed by atoms with Crippen LogP contribution in [0.15, 0.2) is 35.3 Å². The second kappa shape index (κ2) is 6.44. The van der Waals surface area contributed by atoms with Gasteiger partial charge < -0.3 is 16.0 Å². The van der Waals surface area contributed by atoms with Gasteiger partial charge in [-0.3, -0.25) is 0 Å². The number of fused-ring (bicyclic) bond motifs is 1. The van der Waals surface area contributed by atoms with E-state index in [4.69, 9.17) is 0 Å². The van der Waals surface area contributed by atoms with Crippen molar-refractivity contribution >= 4 is 27.6 Å². The molecule has 1 unspecified atom stereocenters. The molecule has 2 rings (SSSR count).